The zero-order valence-electron chi connectivity index (χ0n) is 13.0. The Labute approximate surface area is 135 Å². The second-order valence-electron chi connectivity index (χ2n) is 6.01. The Hall–Kier alpha value is -1.75. The van der Waals surface area contributed by atoms with E-state index in [1.54, 1.807) is 11.8 Å². The summed E-state index contributed by atoms with van der Waals surface area (Å²) >= 11 is 1.72. The SMILES string of the molecule is CC(C)c1ccc(-n2ccnc2SC[C@H]2CNC(=O)C2)cc1. The lowest BCUT2D eigenvalue weighted by Crippen LogP contribution is -2.14. The van der Waals surface area contributed by atoms with Gasteiger partial charge in [-0.25, -0.2) is 4.98 Å². The van der Waals surface area contributed by atoms with E-state index in [0.29, 0.717) is 18.3 Å². The van der Waals surface area contributed by atoms with Gasteiger partial charge in [-0.05, 0) is 29.5 Å². The van der Waals surface area contributed by atoms with Gasteiger partial charge in [-0.15, -0.1) is 0 Å². The molecule has 1 amide bonds. The molecular weight excluding hydrogens is 294 g/mol. The zero-order valence-corrected chi connectivity index (χ0v) is 13.8. The highest BCUT2D eigenvalue weighted by Crippen LogP contribution is 2.25. The van der Waals surface area contributed by atoms with Crippen molar-refractivity contribution in [2.75, 3.05) is 12.3 Å². The zero-order chi connectivity index (χ0) is 15.5. The van der Waals surface area contributed by atoms with Crippen LogP contribution in [0.25, 0.3) is 5.69 Å². The number of carbonyl (C=O) groups is 1. The molecule has 0 saturated carbocycles. The summed E-state index contributed by atoms with van der Waals surface area (Å²) in [6.07, 6.45) is 4.46. The van der Waals surface area contributed by atoms with Gasteiger partial charge < -0.3 is 5.32 Å². The van der Waals surface area contributed by atoms with Crippen molar-refractivity contribution in [1.29, 1.82) is 0 Å². The molecule has 3 rings (SSSR count). The Morgan fingerprint density at radius 1 is 1.36 bits per heavy atom. The summed E-state index contributed by atoms with van der Waals surface area (Å²) < 4.78 is 2.11. The molecule has 1 fully saturated rings. The molecule has 22 heavy (non-hydrogen) atoms. The summed E-state index contributed by atoms with van der Waals surface area (Å²) in [6.45, 7) is 5.19. The summed E-state index contributed by atoms with van der Waals surface area (Å²) in [4.78, 5) is 15.7. The van der Waals surface area contributed by atoms with Crippen molar-refractivity contribution < 1.29 is 4.79 Å². The molecular formula is C17H21N3OS. The quantitative estimate of drug-likeness (QED) is 0.862. The number of benzene rings is 1. The summed E-state index contributed by atoms with van der Waals surface area (Å²) in [6, 6.07) is 8.63. The molecule has 2 heterocycles. The molecule has 1 aromatic heterocycles. The maximum absolute atomic E-state index is 11.2. The van der Waals surface area contributed by atoms with Crippen LogP contribution >= 0.6 is 11.8 Å². The van der Waals surface area contributed by atoms with E-state index in [1.807, 2.05) is 12.4 Å². The maximum Gasteiger partial charge on any atom is 0.220 e. The van der Waals surface area contributed by atoms with Gasteiger partial charge in [0.15, 0.2) is 5.16 Å². The molecule has 0 spiro atoms. The van der Waals surface area contributed by atoms with Crippen LogP contribution in [0.4, 0.5) is 0 Å². The third-order valence-electron chi connectivity index (χ3n) is 3.95. The molecule has 1 atom stereocenters. The number of rotatable bonds is 5. The standard InChI is InChI=1S/C17H21N3OS/c1-12(2)14-3-5-15(6-4-14)20-8-7-18-17(20)22-11-13-9-16(21)19-10-13/h3-8,12-13H,9-11H2,1-2H3,(H,19,21)/t13-/m1/s1. The largest absolute Gasteiger partial charge is 0.356 e. The van der Waals surface area contributed by atoms with E-state index in [2.05, 4.69) is 53.0 Å². The van der Waals surface area contributed by atoms with E-state index < -0.39 is 0 Å². The fraction of sp³-hybridized carbons (Fsp3) is 0.412. The first-order valence-electron chi connectivity index (χ1n) is 7.66. The summed E-state index contributed by atoms with van der Waals surface area (Å²) in [5.41, 5.74) is 2.47. The van der Waals surface area contributed by atoms with Crippen molar-refractivity contribution >= 4 is 17.7 Å². The molecule has 0 bridgehead atoms. The Balaban J connectivity index is 1.70. The van der Waals surface area contributed by atoms with Gasteiger partial charge in [0, 0.05) is 36.8 Å². The topological polar surface area (TPSA) is 46.9 Å². The summed E-state index contributed by atoms with van der Waals surface area (Å²) in [7, 11) is 0. The fourth-order valence-electron chi connectivity index (χ4n) is 2.59. The lowest BCUT2D eigenvalue weighted by Gasteiger charge is -2.11. The van der Waals surface area contributed by atoms with Gasteiger partial charge in [-0.3, -0.25) is 9.36 Å². The van der Waals surface area contributed by atoms with Gasteiger partial charge in [-0.1, -0.05) is 37.7 Å². The van der Waals surface area contributed by atoms with Gasteiger partial charge in [-0.2, -0.15) is 0 Å². The smallest absolute Gasteiger partial charge is 0.220 e. The molecule has 116 valence electrons. The molecule has 0 radical (unpaired) electrons. The summed E-state index contributed by atoms with van der Waals surface area (Å²) in [5.74, 6) is 2.03. The third kappa shape index (κ3) is 3.35. The number of hydrogen-bond donors (Lipinski definition) is 1. The molecule has 1 N–H and O–H groups in total. The Morgan fingerprint density at radius 2 is 2.14 bits per heavy atom. The Morgan fingerprint density at radius 3 is 2.77 bits per heavy atom. The highest BCUT2D eigenvalue weighted by molar-refractivity contribution is 7.99. The van der Waals surface area contributed by atoms with Crippen molar-refractivity contribution in [3.63, 3.8) is 0 Å². The maximum atomic E-state index is 11.2. The van der Waals surface area contributed by atoms with Crippen LogP contribution in [-0.4, -0.2) is 27.8 Å². The van der Waals surface area contributed by atoms with Crippen LogP contribution < -0.4 is 5.32 Å². The lowest BCUT2D eigenvalue weighted by molar-refractivity contribution is -0.119. The first-order chi connectivity index (χ1) is 10.6. The Kier molecular flexibility index (Phi) is 4.52. The lowest BCUT2D eigenvalue weighted by atomic mass is 10.0. The number of aromatic nitrogens is 2. The van der Waals surface area contributed by atoms with Crippen molar-refractivity contribution in [3.05, 3.63) is 42.2 Å². The normalized spacial score (nSPS) is 18.0. The van der Waals surface area contributed by atoms with Gasteiger partial charge in [0.25, 0.3) is 0 Å². The minimum absolute atomic E-state index is 0.165. The molecule has 5 heteroatoms. The van der Waals surface area contributed by atoms with E-state index in [9.17, 15) is 4.79 Å². The first kappa shape index (κ1) is 15.2. The first-order valence-corrected chi connectivity index (χ1v) is 8.65. The minimum Gasteiger partial charge on any atom is -0.356 e. The molecule has 4 nitrogen and oxygen atoms in total. The van der Waals surface area contributed by atoms with Crippen LogP contribution in [0.15, 0.2) is 41.8 Å². The molecule has 2 aromatic rings. The van der Waals surface area contributed by atoms with E-state index >= 15 is 0 Å². The van der Waals surface area contributed by atoms with Crippen LogP contribution in [0.2, 0.25) is 0 Å². The highest BCUT2D eigenvalue weighted by Gasteiger charge is 2.22. The molecule has 0 unspecified atom stereocenters. The number of nitrogens with one attached hydrogen (secondary N) is 1. The van der Waals surface area contributed by atoms with Crippen LogP contribution in [0.1, 0.15) is 31.7 Å². The Bertz CT molecular complexity index is 648. The average molecular weight is 315 g/mol. The van der Waals surface area contributed by atoms with Crippen molar-refractivity contribution in [1.82, 2.24) is 14.9 Å². The van der Waals surface area contributed by atoms with E-state index in [-0.39, 0.29) is 5.91 Å². The van der Waals surface area contributed by atoms with Crippen LogP contribution in [0.3, 0.4) is 0 Å². The monoisotopic (exact) mass is 315 g/mol. The molecule has 1 saturated heterocycles. The number of amides is 1. The van der Waals surface area contributed by atoms with Crippen LogP contribution in [0.5, 0.6) is 0 Å². The average Bonchev–Trinajstić information content (AvgIpc) is 3.14. The molecule has 0 aliphatic carbocycles. The van der Waals surface area contributed by atoms with Crippen molar-refractivity contribution in [2.24, 2.45) is 5.92 Å². The highest BCUT2D eigenvalue weighted by atomic mass is 32.2. The summed E-state index contributed by atoms with van der Waals surface area (Å²) in [5, 5.41) is 3.87. The van der Waals surface area contributed by atoms with Crippen LogP contribution in [0, 0.1) is 5.92 Å². The predicted octanol–water partition coefficient (Wildman–Crippen LogP) is 3.22. The van der Waals surface area contributed by atoms with Gasteiger partial charge in [0.2, 0.25) is 5.91 Å². The molecule has 1 aliphatic rings. The van der Waals surface area contributed by atoms with Crippen molar-refractivity contribution in [2.45, 2.75) is 31.3 Å². The number of carbonyl (C=O) groups excluding carboxylic acids is 1. The molecule has 1 aromatic carbocycles. The van der Waals surface area contributed by atoms with Gasteiger partial charge in [0.1, 0.15) is 0 Å². The van der Waals surface area contributed by atoms with Crippen molar-refractivity contribution in [3.8, 4) is 5.69 Å². The second kappa shape index (κ2) is 6.57. The van der Waals surface area contributed by atoms with E-state index in [4.69, 9.17) is 0 Å². The number of imidazole rings is 1. The van der Waals surface area contributed by atoms with Gasteiger partial charge in [0.05, 0.1) is 0 Å². The minimum atomic E-state index is 0.165. The molecule has 1 aliphatic heterocycles. The van der Waals surface area contributed by atoms with Gasteiger partial charge >= 0.3 is 0 Å². The fourth-order valence-corrected chi connectivity index (χ4v) is 3.65. The number of thioether (sulfide) groups is 1. The predicted molar refractivity (Wildman–Crippen MR) is 89.5 cm³/mol. The van der Waals surface area contributed by atoms with Crippen LogP contribution in [-0.2, 0) is 4.79 Å². The third-order valence-corrected chi connectivity index (χ3v) is 5.15. The number of nitrogens with zero attached hydrogens (tertiary/aromatic N) is 2. The van der Waals surface area contributed by atoms with E-state index in [1.165, 1.54) is 5.56 Å². The van der Waals surface area contributed by atoms with E-state index in [0.717, 1.165) is 23.1 Å². The second-order valence-corrected chi connectivity index (χ2v) is 7.00. The number of hydrogen-bond acceptors (Lipinski definition) is 3.